The van der Waals surface area contributed by atoms with Crippen LogP contribution in [0, 0.1) is 11.7 Å². The van der Waals surface area contributed by atoms with E-state index in [1.807, 2.05) is 0 Å². The summed E-state index contributed by atoms with van der Waals surface area (Å²) in [5, 5.41) is 3.61. The maximum Gasteiger partial charge on any atom is 0.261 e. The van der Waals surface area contributed by atoms with Gasteiger partial charge in [-0.3, -0.25) is 9.59 Å². The van der Waals surface area contributed by atoms with E-state index in [1.54, 1.807) is 0 Å². The highest BCUT2D eigenvalue weighted by Gasteiger charge is 2.18. The van der Waals surface area contributed by atoms with Crippen LogP contribution in [0.15, 0.2) is 16.9 Å². The van der Waals surface area contributed by atoms with Crippen LogP contribution in [0.2, 0.25) is 5.02 Å². The molecule has 0 saturated carbocycles. The van der Waals surface area contributed by atoms with E-state index >= 15 is 0 Å². The Morgan fingerprint density at radius 1 is 1.41 bits per heavy atom. The Bertz CT molecular complexity index is 784. The van der Waals surface area contributed by atoms with Crippen molar-refractivity contribution in [1.82, 2.24) is 4.98 Å². The first-order chi connectivity index (χ1) is 10.3. The Morgan fingerprint density at radius 3 is 2.68 bits per heavy atom. The summed E-state index contributed by atoms with van der Waals surface area (Å²) in [5.41, 5.74) is 0.136. The molecule has 0 spiro atoms. The number of Topliss-reactive ketones (excluding diaryl/α,β-unsaturated/α-hetero) is 1. The van der Waals surface area contributed by atoms with Gasteiger partial charge in [0.25, 0.3) is 5.56 Å². The fourth-order valence-corrected chi connectivity index (χ4v) is 2.58. The molecule has 0 saturated heterocycles. The highest BCUT2D eigenvalue weighted by Crippen LogP contribution is 2.30. The molecule has 1 aromatic carbocycles. The number of anilines is 1. The van der Waals surface area contributed by atoms with Crippen LogP contribution in [0.1, 0.15) is 37.6 Å². The molecule has 0 aliphatic heterocycles. The average molecular weight is 325 g/mol. The first-order valence-corrected chi connectivity index (χ1v) is 7.49. The molecule has 6 heteroatoms. The third-order valence-corrected chi connectivity index (χ3v) is 3.71. The van der Waals surface area contributed by atoms with Crippen LogP contribution in [0.25, 0.3) is 10.9 Å². The van der Waals surface area contributed by atoms with Gasteiger partial charge in [-0.2, -0.15) is 0 Å². The minimum absolute atomic E-state index is 0.00192. The summed E-state index contributed by atoms with van der Waals surface area (Å²) >= 11 is 6.00. The molecule has 1 aromatic heterocycles. The van der Waals surface area contributed by atoms with Crippen LogP contribution in [0.4, 0.5) is 10.1 Å². The molecule has 2 rings (SSSR count). The highest BCUT2D eigenvalue weighted by molar-refractivity contribution is 6.35. The second-order valence-corrected chi connectivity index (χ2v) is 6.09. The third-order valence-electron chi connectivity index (χ3n) is 3.42. The zero-order valence-corrected chi connectivity index (χ0v) is 13.5. The van der Waals surface area contributed by atoms with Gasteiger partial charge < -0.3 is 10.3 Å². The van der Waals surface area contributed by atoms with Crippen molar-refractivity contribution in [3.05, 3.63) is 38.9 Å². The summed E-state index contributed by atoms with van der Waals surface area (Å²) in [6.07, 6.45) is 0.856. The maximum atomic E-state index is 13.7. The smallest absolute Gasteiger partial charge is 0.261 e. The molecule has 22 heavy (non-hydrogen) atoms. The molecule has 2 aromatic rings. The lowest BCUT2D eigenvalue weighted by molar-refractivity contribution is 0.101. The summed E-state index contributed by atoms with van der Waals surface area (Å²) < 4.78 is 13.7. The minimum Gasteiger partial charge on any atom is -0.384 e. The fourth-order valence-electron chi connectivity index (χ4n) is 2.33. The second-order valence-electron chi connectivity index (χ2n) is 5.68. The average Bonchev–Trinajstić information content (AvgIpc) is 2.39. The lowest BCUT2D eigenvalue weighted by atomic mass is 10.1. The standard InChI is InChI=1S/C16H18ClFN2O2/c1-8(2)4-5-19-15-11-6-10(18)7-12(17)14(11)20-16(22)13(15)9(3)21/h6-8H,4-5H2,1-3H3,(H2,19,20,22). The monoisotopic (exact) mass is 324 g/mol. The predicted octanol–water partition coefficient (Wildman–Crippen LogP) is 3.98. The Labute approximate surface area is 132 Å². The highest BCUT2D eigenvalue weighted by atomic mass is 35.5. The molecule has 0 unspecified atom stereocenters. The van der Waals surface area contributed by atoms with Crippen molar-refractivity contribution in [2.75, 3.05) is 11.9 Å². The van der Waals surface area contributed by atoms with Gasteiger partial charge in [-0.1, -0.05) is 25.4 Å². The number of nitrogens with one attached hydrogen (secondary N) is 2. The Kier molecular flexibility index (Phi) is 4.86. The van der Waals surface area contributed by atoms with Crippen molar-refractivity contribution in [3.8, 4) is 0 Å². The van der Waals surface area contributed by atoms with Gasteiger partial charge in [0, 0.05) is 11.9 Å². The lowest BCUT2D eigenvalue weighted by Crippen LogP contribution is -2.20. The second kappa shape index (κ2) is 6.48. The Balaban J connectivity index is 2.68. The van der Waals surface area contributed by atoms with Crippen molar-refractivity contribution in [3.63, 3.8) is 0 Å². The summed E-state index contributed by atoms with van der Waals surface area (Å²) in [6, 6.07) is 2.40. The number of H-pyrrole nitrogens is 1. The molecule has 2 N–H and O–H groups in total. The number of hydrogen-bond acceptors (Lipinski definition) is 3. The van der Waals surface area contributed by atoms with E-state index in [-0.39, 0.29) is 16.4 Å². The Morgan fingerprint density at radius 2 is 2.09 bits per heavy atom. The normalized spacial score (nSPS) is 11.2. The van der Waals surface area contributed by atoms with E-state index in [4.69, 9.17) is 11.6 Å². The molecule has 0 amide bonds. The number of benzene rings is 1. The van der Waals surface area contributed by atoms with Crippen LogP contribution in [0.5, 0.6) is 0 Å². The van der Waals surface area contributed by atoms with Gasteiger partial charge >= 0.3 is 0 Å². The van der Waals surface area contributed by atoms with Crippen LogP contribution in [-0.4, -0.2) is 17.3 Å². The molecule has 0 fully saturated rings. The summed E-state index contributed by atoms with van der Waals surface area (Å²) in [4.78, 5) is 26.5. The van der Waals surface area contributed by atoms with E-state index in [1.165, 1.54) is 13.0 Å². The quantitative estimate of drug-likeness (QED) is 0.818. The van der Waals surface area contributed by atoms with Gasteiger partial charge in [-0.05, 0) is 31.4 Å². The molecule has 0 atom stereocenters. The van der Waals surface area contributed by atoms with Gasteiger partial charge in [0.05, 0.1) is 16.2 Å². The Hall–Kier alpha value is -1.88. The lowest BCUT2D eigenvalue weighted by Gasteiger charge is -2.15. The zero-order chi connectivity index (χ0) is 16.4. The SMILES string of the molecule is CC(=O)c1c(NCCC(C)C)c2cc(F)cc(Cl)c2[nH]c1=O. The van der Waals surface area contributed by atoms with E-state index in [0.29, 0.717) is 29.1 Å². The first kappa shape index (κ1) is 16.5. The van der Waals surface area contributed by atoms with E-state index in [9.17, 15) is 14.0 Å². The molecule has 0 aliphatic rings. The zero-order valence-electron chi connectivity index (χ0n) is 12.7. The number of aromatic amines is 1. The number of halogens is 2. The molecule has 0 radical (unpaired) electrons. The molecule has 118 valence electrons. The number of aromatic nitrogens is 1. The van der Waals surface area contributed by atoms with Crippen LogP contribution in [-0.2, 0) is 0 Å². The maximum absolute atomic E-state index is 13.7. The summed E-state index contributed by atoms with van der Waals surface area (Å²) in [6.45, 7) is 6.02. The van der Waals surface area contributed by atoms with Gasteiger partial charge in [0.15, 0.2) is 5.78 Å². The third kappa shape index (κ3) is 3.30. The number of carbonyl (C=O) groups excluding carboxylic acids is 1. The van der Waals surface area contributed by atoms with Crippen molar-refractivity contribution < 1.29 is 9.18 Å². The molecule has 0 aliphatic carbocycles. The number of carbonyl (C=O) groups is 1. The van der Waals surface area contributed by atoms with Gasteiger partial charge in [0.2, 0.25) is 0 Å². The van der Waals surface area contributed by atoms with Gasteiger partial charge in [-0.25, -0.2) is 4.39 Å². The number of rotatable bonds is 5. The number of fused-ring (bicyclic) bond motifs is 1. The van der Waals surface area contributed by atoms with Crippen molar-refractivity contribution in [1.29, 1.82) is 0 Å². The largest absolute Gasteiger partial charge is 0.384 e. The van der Waals surface area contributed by atoms with Crippen molar-refractivity contribution in [2.24, 2.45) is 5.92 Å². The van der Waals surface area contributed by atoms with Gasteiger partial charge in [-0.15, -0.1) is 0 Å². The van der Waals surface area contributed by atoms with Crippen LogP contribution in [0.3, 0.4) is 0 Å². The van der Waals surface area contributed by atoms with Crippen molar-refractivity contribution in [2.45, 2.75) is 27.2 Å². The van der Waals surface area contributed by atoms with Crippen LogP contribution >= 0.6 is 11.6 Å². The molecule has 1 heterocycles. The van der Waals surface area contributed by atoms with E-state index in [2.05, 4.69) is 24.1 Å². The predicted molar refractivity (Wildman–Crippen MR) is 87.5 cm³/mol. The van der Waals surface area contributed by atoms with E-state index < -0.39 is 11.4 Å². The number of pyridine rings is 1. The minimum atomic E-state index is -0.527. The molecule has 4 nitrogen and oxygen atoms in total. The summed E-state index contributed by atoms with van der Waals surface area (Å²) in [5.74, 6) is -0.441. The topological polar surface area (TPSA) is 62.0 Å². The summed E-state index contributed by atoms with van der Waals surface area (Å²) in [7, 11) is 0. The van der Waals surface area contributed by atoms with Gasteiger partial charge in [0.1, 0.15) is 11.4 Å². The molecule has 0 bridgehead atoms. The molecular formula is C16H18ClFN2O2. The number of ketones is 1. The fraction of sp³-hybridized carbons (Fsp3) is 0.375. The van der Waals surface area contributed by atoms with Crippen molar-refractivity contribution >= 4 is 34.0 Å². The van der Waals surface area contributed by atoms with E-state index in [0.717, 1.165) is 12.5 Å². The first-order valence-electron chi connectivity index (χ1n) is 7.11. The number of hydrogen-bond donors (Lipinski definition) is 2. The van der Waals surface area contributed by atoms with Crippen LogP contribution < -0.4 is 10.9 Å². The molecular weight excluding hydrogens is 307 g/mol.